The van der Waals surface area contributed by atoms with Crippen LogP contribution in [0.4, 0.5) is 25.1 Å². The average molecular weight is 344 g/mol. The fourth-order valence-corrected chi connectivity index (χ4v) is 2.20. The van der Waals surface area contributed by atoms with Gasteiger partial charge < -0.3 is 5.11 Å². The van der Waals surface area contributed by atoms with E-state index in [4.69, 9.17) is 5.11 Å². The Morgan fingerprint density at radius 1 is 1.24 bits per heavy atom. The first-order chi connectivity index (χ1) is 7.22. The molecule has 0 aliphatic rings. The van der Waals surface area contributed by atoms with Crippen molar-refractivity contribution in [1.82, 2.24) is 0 Å². The fraction of sp³-hybridized carbons (Fsp3) is 0. The summed E-state index contributed by atoms with van der Waals surface area (Å²) in [6, 6.07) is -0.508. The van der Waals surface area contributed by atoms with Gasteiger partial charge in [-0.25, -0.2) is 0 Å². The molecule has 11 heteroatoms. The lowest BCUT2D eigenvalue weighted by atomic mass is 10.3. The number of rotatable bonds is 2. The first-order valence-electron chi connectivity index (χ1n) is 3.63. The third-order valence-electron chi connectivity index (χ3n) is 1.66. The van der Waals surface area contributed by atoms with Gasteiger partial charge in [-0.2, -0.15) is 0 Å². The van der Waals surface area contributed by atoms with Gasteiger partial charge in [0.05, 0.1) is 9.40 Å². The van der Waals surface area contributed by atoms with Crippen LogP contribution in [0, 0.1) is 10.1 Å². The Kier molecular flexibility index (Phi) is 2.48. The lowest BCUT2D eigenvalue weighted by molar-refractivity contribution is -0.386. The number of benzene rings is 1. The van der Waals surface area contributed by atoms with Gasteiger partial charge in [0.1, 0.15) is 4.90 Å². The predicted octanol–water partition coefficient (Wildman–Crippen LogP) is 4.72. The van der Waals surface area contributed by atoms with Gasteiger partial charge in [0, 0.05) is 6.07 Å². The Balaban J connectivity index is 3.68. The molecule has 1 rings (SSSR count). The van der Waals surface area contributed by atoms with Crippen LogP contribution in [0.2, 0.25) is 0 Å². The van der Waals surface area contributed by atoms with E-state index in [1.807, 2.05) is 0 Å². The maximum Gasteiger partial charge on any atom is 0.313 e. The fourth-order valence-electron chi connectivity index (χ4n) is 0.922. The average Bonchev–Trinajstić information content (AvgIpc) is 2.04. The lowest BCUT2D eigenvalue weighted by Gasteiger charge is -2.40. The molecular weight excluding hydrogens is 341 g/mol. The molecule has 1 N–H and O–H groups in total. The highest BCUT2D eigenvalue weighted by Gasteiger charge is 2.66. The minimum atomic E-state index is -10.0. The number of halogens is 6. The molecule has 0 aliphatic carbocycles. The van der Waals surface area contributed by atoms with E-state index >= 15 is 0 Å². The Morgan fingerprint density at radius 3 is 2.06 bits per heavy atom. The van der Waals surface area contributed by atoms with Crippen molar-refractivity contribution in [2.75, 3.05) is 0 Å². The molecule has 0 bridgehead atoms. The molecule has 0 radical (unpaired) electrons. The van der Waals surface area contributed by atoms with Gasteiger partial charge in [-0.1, -0.05) is 19.4 Å². The molecule has 0 spiro atoms. The number of phenols is 1. The number of hydrogen-bond acceptors (Lipinski definition) is 3. The molecule has 0 fully saturated rings. The maximum atomic E-state index is 12.4. The summed E-state index contributed by atoms with van der Waals surface area (Å²) in [6.45, 7) is 0. The standard InChI is InChI=1S/C6H3BrF5NO3S/c7-4-1-3(17(8,9,10,11)12)2-5(6(4)14)13(15)16/h1-2,14H. The first kappa shape index (κ1) is 14.0. The van der Waals surface area contributed by atoms with Gasteiger partial charge in [-0.05, 0) is 22.0 Å². The van der Waals surface area contributed by atoms with Crippen LogP contribution in [-0.2, 0) is 0 Å². The quantitative estimate of drug-likeness (QED) is 0.480. The zero-order valence-corrected chi connectivity index (χ0v) is 9.94. The second-order valence-electron chi connectivity index (χ2n) is 3.00. The minimum absolute atomic E-state index is 0.107. The molecule has 1 aromatic carbocycles. The smallest absolute Gasteiger partial charge is 0.313 e. The van der Waals surface area contributed by atoms with Crippen LogP contribution in [0.15, 0.2) is 21.5 Å². The topological polar surface area (TPSA) is 63.4 Å². The van der Waals surface area contributed by atoms with Gasteiger partial charge in [0.2, 0.25) is 5.75 Å². The van der Waals surface area contributed by atoms with E-state index in [-0.39, 0.29) is 6.07 Å². The molecule has 0 saturated heterocycles. The van der Waals surface area contributed by atoms with E-state index in [2.05, 4.69) is 15.9 Å². The number of hydrogen-bond donors (Lipinski definition) is 1. The van der Waals surface area contributed by atoms with Crippen LogP contribution in [0.3, 0.4) is 0 Å². The van der Waals surface area contributed by atoms with Crippen LogP contribution in [-0.4, -0.2) is 10.0 Å². The van der Waals surface area contributed by atoms with Crippen molar-refractivity contribution in [3.05, 3.63) is 26.7 Å². The predicted molar refractivity (Wildman–Crippen MR) is 53.9 cm³/mol. The van der Waals surface area contributed by atoms with Crippen molar-refractivity contribution in [3.63, 3.8) is 0 Å². The van der Waals surface area contributed by atoms with Crippen LogP contribution in [0.1, 0.15) is 0 Å². The van der Waals surface area contributed by atoms with Gasteiger partial charge in [-0.15, -0.1) is 0 Å². The molecule has 0 saturated carbocycles. The molecule has 0 aromatic heterocycles. The molecule has 0 unspecified atom stereocenters. The van der Waals surface area contributed by atoms with Gasteiger partial charge in [0.15, 0.2) is 0 Å². The van der Waals surface area contributed by atoms with Crippen LogP contribution < -0.4 is 0 Å². The Morgan fingerprint density at radius 2 is 1.71 bits per heavy atom. The summed E-state index contributed by atoms with van der Waals surface area (Å²) in [5.41, 5.74) is -1.46. The molecule has 0 heterocycles. The second kappa shape index (κ2) is 3.02. The van der Waals surface area contributed by atoms with Crippen molar-refractivity contribution in [2.45, 2.75) is 4.90 Å². The van der Waals surface area contributed by atoms with Crippen LogP contribution in [0.25, 0.3) is 0 Å². The SMILES string of the molecule is O=[N+]([O-])c1cc(S(F)(F)(F)(F)F)cc(Br)c1O. The van der Waals surface area contributed by atoms with Crippen molar-refractivity contribution in [1.29, 1.82) is 0 Å². The monoisotopic (exact) mass is 343 g/mol. The number of aromatic hydroxyl groups is 1. The van der Waals surface area contributed by atoms with Crippen LogP contribution >= 0.6 is 26.2 Å². The highest BCUT2D eigenvalue weighted by atomic mass is 79.9. The zero-order valence-electron chi connectivity index (χ0n) is 7.54. The summed E-state index contributed by atoms with van der Waals surface area (Å²) >= 11 is 2.34. The summed E-state index contributed by atoms with van der Waals surface area (Å²) in [5.74, 6) is -1.15. The third-order valence-corrected chi connectivity index (χ3v) is 3.39. The number of phenolic OH excluding ortho intramolecular Hbond substituents is 1. The van der Waals surface area contributed by atoms with Gasteiger partial charge in [0.25, 0.3) is 0 Å². The summed E-state index contributed by atoms with van der Waals surface area (Å²) in [7, 11) is -10.0. The Hall–Kier alpha value is -1.10. The van der Waals surface area contributed by atoms with E-state index in [1.165, 1.54) is 0 Å². The molecule has 4 nitrogen and oxygen atoms in total. The number of nitro benzene ring substituents is 1. The lowest BCUT2D eigenvalue weighted by Crippen LogP contribution is -2.06. The molecule has 1 aromatic rings. The van der Waals surface area contributed by atoms with Crippen molar-refractivity contribution < 1.29 is 29.5 Å². The third kappa shape index (κ3) is 2.97. The molecular formula is C6H3BrF5NO3S. The van der Waals surface area contributed by atoms with E-state index in [0.29, 0.717) is 0 Å². The highest BCUT2D eigenvalue weighted by molar-refractivity contribution is 9.10. The summed E-state index contributed by atoms with van der Waals surface area (Å²) in [5, 5.41) is 19.3. The molecule has 98 valence electrons. The van der Waals surface area contributed by atoms with E-state index in [0.717, 1.165) is 0 Å². The van der Waals surface area contributed by atoms with E-state index < -0.39 is 42.0 Å². The normalized spacial score (nSPS) is 16.1. The van der Waals surface area contributed by atoms with Crippen molar-refractivity contribution in [3.8, 4) is 5.75 Å². The molecule has 0 aliphatic heterocycles. The van der Waals surface area contributed by atoms with Crippen molar-refractivity contribution >= 4 is 31.8 Å². The first-order valence-corrected chi connectivity index (χ1v) is 6.38. The van der Waals surface area contributed by atoms with E-state index in [9.17, 15) is 29.5 Å². The molecule has 17 heavy (non-hydrogen) atoms. The highest BCUT2D eigenvalue weighted by Crippen LogP contribution is 3.02. The summed E-state index contributed by atoms with van der Waals surface area (Å²) in [6.07, 6.45) is 0. The number of nitrogens with zero attached hydrogens (tertiary/aromatic N) is 1. The second-order valence-corrected chi connectivity index (χ2v) is 6.26. The molecule has 0 atom stereocenters. The maximum absolute atomic E-state index is 12.4. The molecule has 0 amide bonds. The summed E-state index contributed by atoms with van der Waals surface area (Å²) < 4.78 is 61.1. The number of nitro groups is 1. The largest absolute Gasteiger partial charge is 0.501 e. The van der Waals surface area contributed by atoms with Gasteiger partial charge in [-0.3, -0.25) is 10.1 Å². The van der Waals surface area contributed by atoms with Gasteiger partial charge >= 0.3 is 15.9 Å². The zero-order chi connectivity index (χ0) is 13.7. The Labute approximate surface area is 99.0 Å². The summed E-state index contributed by atoms with van der Waals surface area (Å²) in [4.78, 5) is 6.45. The van der Waals surface area contributed by atoms with Crippen LogP contribution in [0.5, 0.6) is 5.75 Å². The minimum Gasteiger partial charge on any atom is -0.501 e. The Bertz CT molecular complexity index is 516. The van der Waals surface area contributed by atoms with Crippen molar-refractivity contribution in [2.24, 2.45) is 0 Å². The van der Waals surface area contributed by atoms with E-state index in [1.54, 1.807) is 0 Å².